The Morgan fingerprint density at radius 3 is 2.86 bits per heavy atom. The highest BCUT2D eigenvalue weighted by Gasteiger charge is 2.24. The second-order valence-corrected chi connectivity index (χ2v) is 4.29. The van der Waals surface area contributed by atoms with Gasteiger partial charge in [-0.3, -0.25) is 0 Å². The Kier molecular flexibility index (Phi) is 5.45. The zero-order valence-electron chi connectivity index (χ0n) is 9.50. The average Bonchev–Trinajstić information content (AvgIpc) is 2.21. The van der Waals surface area contributed by atoms with Gasteiger partial charge in [0.05, 0.1) is 6.61 Å². The zero-order valence-corrected chi connectivity index (χ0v) is 9.50. The molecule has 1 saturated heterocycles. The SMILES string of the molecule is CCC(C1CCCNC1)N(C)CCO. The van der Waals surface area contributed by atoms with Crippen LogP contribution in [-0.4, -0.2) is 49.3 Å². The van der Waals surface area contributed by atoms with Crippen molar-refractivity contribution < 1.29 is 5.11 Å². The molecule has 0 saturated carbocycles. The molecule has 0 radical (unpaired) electrons. The van der Waals surface area contributed by atoms with Gasteiger partial charge in [-0.05, 0) is 45.3 Å². The molecule has 2 N–H and O–H groups in total. The lowest BCUT2D eigenvalue weighted by molar-refractivity contribution is 0.122. The number of hydrogen-bond donors (Lipinski definition) is 2. The average molecular weight is 200 g/mol. The van der Waals surface area contributed by atoms with E-state index in [1.807, 2.05) is 0 Å². The Bertz CT molecular complexity index is 146. The van der Waals surface area contributed by atoms with Gasteiger partial charge in [0.25, 0.3) is 0 Å². The van der Waals surface area contributed by atoms with Gasteiger partial charge < -0.3 is 15.3 Å². The molecule has 0 spiro atoms. The minimum atomic E-state index is 0.271. The van der Waals surface area contributed by atoms with Gasteiger partial charge in [-0.1, -0.05) is 6.92 Å². The first-order chi connectivity index (χ1) is 6.79. The minimum Gasteiger partial charge on any atom is -0.395 e. The number of nitrogens with zero attached hydrogens (tertiary/aromatic N) is 1. The quantitative estimate of drug-likeness (QED) is 0.685. The summed E-state index contributed by atoms with van der Waals surface area (Å²) < 4.78 is 0. The maximum Gasteiger partial charge on any atom is 0.0558 e. The maximum atomic E-state index is 8.92. The predicted octanol–water partition coefficient (Wildman–Crippen LogP) is 0.689. The largest absolute Gasteiger partial charge is 0.395 e. The molecular formula is C11H24N2O. The number of rotatable bonds is 5. The van der Waals surface area contributed by atoms with E-state index in [1.165, 1.54) is 25.8 Å². The Morgan fingerprint density at radius 1 is 1.57 bits per heavy atom. The van der Waals surface area contributed by atoms with Crippen LogP contribution < -0.4 is 5.32 Å². The third kappa shape index (κ3) is 3.23. The van der Waals surface area contributed by atoms with E-state index in [2.05, 4.69) is 24.2 Å². The van der Waals surface area contributed by atoms with Crippen LogP contribution in [0.25, 0.3) is 0 Å². The third-order valence-corrected chi connectivity index (χ3v) is 3.32. The minimum absolute atomic E-state index is 0.271. The molecule has 2 atom stereocenters. The first-order valence-corrected chi connectivity index (χ1v) is 5.81. The van der Waals surface area contributed by atoms with Gasteiger partial charge in [-0.25, -0.2) is 0 Å². The summed E-state index contributed by atoms with van der Waals surface area (Å²) in [4.78, 5) is 2.30. The first-order valence-electron chi connectivity index (χ1n) is 5.81. The van der Waals surface area contributed by atoms with Crippen molar-refractivity contribution in [3.05, 3.63) is 0 Å². The Labute approximate surface area is 87.5 Å². The monoisotopic (exact) mass is 200 g/mol. The summed E-state index contributed by atoms with van der Waals surface area (Å²) in [6.07, 6.45) is 3.82. The van der Waals surface area contributed by atoms with Gasteiger partial charge in [-0.15, -0.1) is 0 Å². The van der Waals surface area contributed by atoms with Crippen LogP contribution in [-0.2, 0) is 0 Å². The van der Waals surface area contributed by atoms with Crippen LogP contribution in [0.15, 0.2) is 0 Å². The standard InChI is InChI=1S/C11H24N2O/c1-3-11(13(2)7-8-14)10-5-4-6-12-9-10/h10-12,14H,3-9H2,1-2H3. The smallest absolute Gasteiger partial charge is 0.0558 e. The maximum absolute atomic E-state index is 8.92. The van der Waals surface area contributed by atoms with E-state index < -0.39 is 0 Å². The van der Waals surface area contributed by atoms with Gasteiger partial charge in [0.2, 0.25) is 0 Å². The van der Waals surface area contributed by atoms with Gasteiger partial charge in [0.15, 0.2) is 0 Å². The van der Waals surface area contributed by atoms with Crippen molar-refractivity contribution in [2.45, 2.75) is 32.2 Å². The normalized spacial score (nSPS) is 25.3. The van der Waals surface area contributed by atoms with E-state index in [9.17, 15) is 0 Å². The highest BCUT2D eigenvalue weighted by molar-refractivity contribution is 4.81. The molecule has 0 aromatic heterocycles. The molecule has 14 heavy (non-hydrogen) atoms. The van der Waals surface area contributed by atoms with Crippen molar-refractivity contribution in [2.75, 3.05) is 33.3 Å². The van der Waals surface area contributed by atoms with Gasteiger partial charge in [0, 0.05) is 12.6 Å². The number of aliphatic hydroxyl groups is 1. The number of likely N-dealkylation sites (N-methyl/N-ethyl adjacent to an activating group) is 1. The van der Waals surface area contributed by atoms with Crippen molar-refractivity contribution in [1.29, 1.82) is 0 Å². The van der Waals surface area contributed by atoms with Crippen LogP contribution in [0.3, 0.4) is 0 Å². The number of hydrogen-bond acceptors (Lipinski definition) is 3. The second-order valence-electron chi connectivity index (χ2n) is 4.29. The molecule has 1 aliphatic rings. The molecule has 0 aliphatic carbocycles. The van der Waals surface area contributed by atoms with Gasteiger partial charge in [-0.2, -0.15) is 0 Å². The Hall–Kier alpha value is -0.120. The first kappa shape index (κ1) is 12.0. The van der Waals surface area contributed by atoms with Crippen molar-refractivity contribution in [3.63, 3.8) is 0 Å². The van der Waals surface area contributed by atoms with Crippen LogP contribution >= 0.6 is 0 Å². The number of nitrogens with one attached hydrogen (secondary N) is 1. The van der Waals surface area contributed by atoms with Crippen molar-refractivity contribution in [1.82, 2.24) is 10.2 Å². The molecule has 84 valence electrons. The molecule has 0 amide bonds. The summed E-state index contributed by atoms with van der Waals surface area (Å²) in [6, 6.07) is 0.634. The molecule has 0 aromatic rings. The molecule has 2 unspecified atom stereocenters. The topological polar surface area (TPSA) is 35.5 Å². The third-order valence-electron chi connectivity index (χ3n) is 3.32. The van der Waals surface area contributed by atoms with Gasteiger partial charge in [0.1, 0.15) is 0 Å². The Balaban J connectivity index is 2.41. The fraction of sp³-hybridized carbons (Fsp3) is 1.00. The molecule has 3 heteroatoms. The Morgan fingerprint density at radius 2 is 2.36 bits per heavy atom. The van der Waals surface area contributed by atoms with Crippen molar-refractivity contribution in [2.24, 2.45) is 5.92 Å². The van der Waals surface area contributed by atoms with Crippen LogP contribution in [0.5, 0.6) is 0 Å². The molecule has 3 nitrogen and oxygen atoms in total. The lowest BCUT2D eigenvalue weighted by atomic mass is 9.89. The summed E-state index contributed by atoms with van der Waals surface area (Å²) in [5.74, 6) is 0.769. The van der Waals surface area contributed by atoms with E-state index in [0.29, 0.717) is 6.04 Å². The fourth-order valence-corrected chi connectivity index (χ4v) is 2.54. The van der Waals surface area contributed by atoms with E-state index >= 15 is 0 Å². The number of aliphatic hydroxyl groups excluding tert-OH is 1. The lowest BCUT2D eigenvalue weighted by Gasteiger charge is -2.36. The van der Waals surface area contributed by atoms with E-state index in [0.717, 1.165) is 19.0 Å². The van der Waals surface area contributed by atoms with E-state index in [4.69, 9.17) is 5.11 Å². The molecule has 1 aliphatic heterocycles. The predicted molar refractivity (Wildman–Crippen MR) is 59.4 cm³/mol. The molecule has 1 fully saturated rings. The lowest BCUT2D eigenvalue weighted by Crippen LogP contribution is -2.45. The van der Waals surface area contributed by atoms with Crippen molar-refractivity contribution in [3.8, 4) is 0 Å². The van der Waals surface area contributed by atoms with E-state index in [1.54, 1.807) is 0 Å². The van der Waals surface area contributed by atoms with E-state index in [-0.39, 0.29) is 6.61 Å². The molecule has 0 bridgehead atoms. The summed E-state index contributed by atoms with van der Waals surface area (Å²) in [6.45, 7) is 5.64. The molecule has 1 rings (SSSR count). The molecule has 0 aromatic carbocycles. The summed E-state index contributed by atoms with van der Waals surface area (Å²) >= 11 is 0. The summed E-state index contributed by atoms with van der Waals surface area (Å²) in [7, 11) is 2.12. The number of piperidine rings is 1. The van der Waals surface area contributed by atoms with Gasteiger partial charge >= 0.3 is 0 Å². The van der Waals surface area contributed by atoms with Crippen LogP contribution in [0, 0.1) is 5.92 Å². The highest BCUT2D eigenvalue weighted by Crippen LogP contribution is 2.20. The summed E-state index contributed by atoms with van der Waals surface area (Å²) in [5, 5.41) is 12.4. The van der Waals surface area contributed by atoms with Crippen LogP contribution in [0.2, 0.25) is 0 Å². The summed E-state index contributed by atoms with van der Waals surface area (Å²) in [5.41, 5.74) is 0. The second kappa shape index (κ2) is 6.38. The molecule has 1 heterocycles. The molecular weight excluding hydrogens is 176 g/mol. The fourth-order valence-electron chi connectivity index (χ4n) is 2.54. The van der Waals surface area contributed by atoms with Crippen LogP contribution in [0.1, 0.15) is 26.2 Å². The van der Waals surface area contributed by atoms with Crippen molar-refractivity contribution >= 4 is 0 Å². The zero-order chi connectivity index (χ0) is 10.4. The highest BCUT2D eigenvalue weighted by atomic mass is 16.3. The van der Waals surface area contributed by atoms with Crippen LogP contribution in [0.4, 0.5) is 0 Å².